The van der Waals surface area contributed by atoms with E-state index < -0.39 is 0 Å². The van der Waals surface area contributed by atoms with Gasteiger partial charge in [-0.3, -0.25) is 0 Å². The third kappa shape index (κ3) is 4.81. The first-order chi connectivity index (χ1) is 8.24. The van der Waals surface area contributed by atoms with Crippen LogP contribution in [0, 0.1) is 5.41 Å². The highest BCUT2D eigenvalue weighted by atomic mass is 14.9. The molecule has 0 aliphatic heterocycles. The molecular weight excluding hydrogens is 218 g/mol. The molecule has 0 radical (unpaired) electrons. The van der Waals surface area contributed by atoms with Crippen LogP contribution < -0.4 is 5.32 Å². The van der Waals surface area contributed by atoms with Gasteiger partial charge in [-0.2, -0.15) is 0 Å². The molecule has 0 aliphatic carbocycles. The molecule has 1 rings (SSSR count). The maximum absolute atomic E-state index is 3.55. The van der Waals surface area contributed by atoms with Crippen LogP contribution in [0.25, 0.3) is 0 Å². The van der Waals surface area contributed by atoms with E-state index in [9.17, 15) is 0 Å². The summed E-state index contributed by atoms with van der Waals surface area (Å²) in [5.74, 6) is 0. The largest absolute Gasteiger partial charge is 0.312 e. The Balaban J connectivity index is 2.50. The highest BCUT2D eigenvalue weighted by Crippen LogP contribution is 2.22. The third-order valence-corrected chi connectivity index (χ3v) is 3.71. The fourth-order valence-corrected chi connectivity index (χ4v) is 1.79. The second-order valence-electron chi connectivity index (χ2n) is 7.07. The molecule has 0 fully saturated rings. The number of hydrogen-bond donors (Lipinski definition) is 1. The van der Waals surface area contributed by atoms with Gasteiger partial charge in [-0.05, 0) is 28.4 Å². The summed E-state index contributed by atoms with van der Waals surface area (Å²) in [4.78, 5) is 0. The van der Waals surface area contributed by atoms with Crippen molar-refractivity contribution >= 4 is 0 Å². The minimum atomic E-state index is 0.246. The van der Waals surface area contributed by atoms with E-state index in [0.717, 1.165) is 13.1 Å². The molecule has 0 heterocycles. The predicted octanol–water partition coefficient (Wildman–Crippen LogP) is 4.51. The fraction of sp³-hybridized carbons (Fsp3) is 0.647. The Morgan fingerprint density at radius 3 is 1.94 bits per heavy atom. The monoisotopic (exact) mass is 247 g/mol. The highest BCUT2D eigenvalue weighted by Gasteiger charge is 2.14. The van der Waals surface area contributed by atoms with Gasteiger partial charge in [0.25, 0.3) is 0 Å². The maximum Gasteiger partial charge on any atom is 0.0205 e. The minimum Gasteiger partial charge on any atom is -0.312 e. The molecular formula is C17H29N. The third-order valence-electron chi connectivity index (χ3n) is 3.71. The summed E-state index contributed by atoms with van der Waals surface area (Å²) < 4.78 is 0. The summed E-state index contributed by atoms with van der Waals surface area (Å²) in [6.45, 7) is 15.7. The van der Waals surface area contributed by atoms with Gasteiger partial charge in [0.2, 0.25) is 0 Å². The van der Waals surface area contributed by atoms with Gasteiger partial charge >= 0.3 is 0 Å². The number of nitrogens with one attached hydrogen (secondary N) is 1. The molecule has 1 N–H and O–H groups in total. The normalized spacial score (nSPS) is 12.8. The van der Waals surface area contributed by atoms with Crippen LogP contribution in [0.15, 0.2) is 24.3 Å². The summed E-state index contributed by atoms with van der Waals surface area (Å²) in [5, 5.41) is 3.55. The Hall–Kier alpha value is -0.820. The molecule has 1 nitrogen and oxygen atoms in total. The second-order valence-corrected chi connectivity index (χ2v) is 7.07. The Kier molecular flexibility index (Phi) is 4.98. The first-order valence-electron chi connectivity index (χ1n) is 7.05. The topological polar surface area (TPSA) is 12.0 Å². The number of rotatable bonds is 5. The Labute approximate surface area is 113 Å². The lowest BCUT2D eigenvalue weighted by atomic mass is 9.86. The van der Waals surface area contributed by atoms with Crippen molar-refractivity contribution in [1.29, 1.82) is 0 Å². The molecule has 0 aliphatic rings. The molecule has 0 unspecified atom stereocenters. The van der Waals surface area contributed by atoms with Gasteiger partial charge in [-0.1, -0.05) is 65.8 Å². The Bertz CT molecular complexity index is 354. The molecule has 0 saturated carbocycles. The molecule has 102 valence electrons. The van der Waals surface area contributed by atoms with E-state index in [2.05, 4.69) is 71.1 Å². The van der Waals surface area contributed by atoms with Crippen molar-refractivity contribution in [3.05, 3.63) is 35.4 Å². The molecule has 0 spiro atoms. The zero-order chi connectivity index (χ0) is 13.8. The zero-order valence-corrected chi connectivity index (χ0v) is 12.9. The second kappa shape index (κ2) is 5.88. The van der Waals surface area contributed by atoms with Gasteiger partial charge in [0.1, 0.15) is 0 Å². The summed E-state index contributed by atoms with van der Waals surface area (Å²) in [6, 6.07) is 8.99. The standard InChI is InChI=1S/C17H29N/c1-7-17(5,6)13-18-12-14-8-10-15(11-9-14)16(2,3)4/h8-11,18H,7,12-13H2,1-6H3. The van der Waals surface area contributed by atoms with E-state index in [0.29, 0.717) is 5.41 Å². The molecule has 18 heavy (non-hydrogen) atoms. The Morgan fingerprint density at radius 2 is 1.50 bits per heavy atom. The number of benzene rings is 1. The highest BCUT2D eigenvalue weighted by molar-refractivity contribution is 5.27. The van der Waals surface area contributed by atoms with Crippen molar-refractivity contribution < 1.29 is 0 Å². The maximum atomic E-state index is 3.55. The molecule has 0 amide bonds. The van der Waals surface area contributed by atoms with Crippen molar-refractivity contribution in [1.82, 2.24) is 5.32 Å². The van der Waals surface area contributed by atoms with E-state index in [4.69, 9.17) is 0 Å². The first kappa shape index (κ1) is 15.2. The van der Waals surface area contributed by atoms with Crippen molar-refractivity contribution in [2.24, 2.45) is 5.41 Å². The van der Waals surface area contributed by atoms with Gasteiger partial charge in [0, 0.05) is 13.1 Å². The van der Waals surface area contributed by atoms with Crippen LogP contribution in [0.4, 0.5) is 0 Å². The van der Waals surface area contributed by atoms with Crippen LogP contribution in [0.5, 0.6) is 0 Å². The van der Waals surface area contributed by atoms with Crippen molar-refractivity contribution in [3.8, 4) is 0 Å². The van der Waals surface area contributed by atoms with Crippen LogP contribution >= 0.6 is 0 Å². The van der Waals surface area contributed by atoms with Gasteiger partial charge in [0.05, 0.1) is 0 Å². The average Bonchev–Trinajstić information content (AvgIpc) is 2.28. The lowest BCUT2D eigenvalue weighted by Gasteiger charge is -2.23. The zero-order valence-electron chi connectivity index (χ0n) is 12.9. The lowest BCUT2D eigenvalue weighted by molar-refractivity contribution is 0.327. The number of hydrogen-bond acceptors (Lipinski definition) is 1. The van der Waals surface area contributed by atoms with E-state index in [1.807, 2.05) is 0 Å². The van der Waals surface area contributed by atoms with E-state index >= 15 is 0 Å². The molecule has 0 aromatic heterocycles. The van der Waals surface area contributed by atoms with Crippen molar-refractivity contribution in [2.45, 2.75) is 59.9 Å². The van der Waals surface area contributed by atoms with Crippen molar-refractivity contribution in [3.63, 3.8) is 0 Å². The van der Waals surface area contributed by atoms with Gasteiger partial charge < -0.3 is 5.32 Å². The molecule has 0 atom stereocenters. The van der Waals surface area contributed by atoms with Gasteiger partial charge in [-0.25, -0.2) is 0 Å². The molecule has 0 saturated heterocycles. The van der Waals surface area contributed by atoms with Crippen LogP contribution in [-0.4, -0.2) is 6.54 Å². The molecule has 1 heteroatoms. The van der Waals surface area contributed by atoms with Crippen LogP contribution in [0.1, 0.15) is 59.1 Å². The molecule has 1 aromatic carbocycles. The molecule has 0 bridgehead atoms. The summed E-state index contributed by atoms with van der Waals surface area (Å²) in [5.41, 5.74) is 3.41. The van der Waals surface area contributed by atoms with Crippen LogP contribution in [0.2, 0.25) is 0 Å². The van der Waals surface area contributed by atoms with E-state index in [1.54, 1.807) is 0 Å². The van der Waals surface area contributed by atoms with Gasteiger partial charge in [0.15, 0.2) is 0 Å². The van der Waals surface area contributed by atoms with E-state index in [-0.39, 0.29) is 5.41 Å². The van der Waals surface area contributed by atoms with Crippen LogP contribution in [-0.2, 0) is 12.0 Å². The average molecular weight is 247 g/mol. The Morgan fingerprint density at radius 1 is 0.944 bits per heavy atom. The van der Waals surface area contributed by atoms with Crippen molar-refractivity contribution in [2.75, 3.05) is 6.54 Å². The van der Waals surface area contributed by atoms with E-state index in [1.165, 1.54) is 17.5 Å². The quantitative estimate of drug-likeness (QED) is 0.807. The fourth-order valence-electron chi connectivity index (χ4n) is 1.79. The summed E-state index contributed by atoms with van der Waals surface area (Å²) in [6.07, 6.45) is 1.21. The smallest absolute Gasteiger partial charge is 0.0205 e. The summed E-state index contributed by atoms with van der Waals surface area (Å²) in [7, 11) is 0. The summed E-state index contributed by atoms with van der Waals surface area (Å²) >= 11 is 0. The van der Waals surface area contributed by atoms with Gasteiger partial charge in [-0.15, -0.1) is 0 Å². The van der Waals surface area contributed by atoms with Crippen LogP contribution in [0.3, 0.4) is 0 Å². The first-order valence-corrected chi connectivity index (χ1v) is 7.05. The minimum absolute atomic E-state index is 0.246. The SMILES string of the molecule is CCC(C)(C)CNCc1ccc(C(C)(C)C)cc1. The predicted molar refractivity (Wildman–Crippen MR) is 80.9 cm³/mol. The molecule has 1 aromatic rings. The lowest BCUT2D eigenvalue weighted by Crippen LogP contribution is -2.28.